The van der Waals surface area contributed by atoms with E-state index in [1.807, 2.05) is 92.7 Å². The molecule has 0 aliphatic carbocycles. The van der Waals surface area contributed by atoms with Crippen molar-refractivity contribution < 1.29 is 18.7 Å². The molecule has 0 saturated heterocycles. The van der Waals surface area contributed by atoms with Gasteiger partial charge in [0.1, 0.15) is 23.7 Å². The zero-order valence-corrected chi connectivity index (χ0v) is 17.1. The van der Waals surface area contributed by atoms with Crippen LogP contribution in [0.25, 0.3) is 11.0 Å². The van der Waals surface area contributed by atoms with Crippen LogP contribution in [-0.4, -0.2) is 5.97 Å². The lowest BCUT2D eigenvalue weighted by Gasteiger charge is -2.19. The molecule has 1 aromatic heterocycles. The van der Waals surface area contributed by atoms with Gasteiger partial charge in [0.15, 0.2) is 0 Å². The van der Waals surface area contributed by atoms with E-state index in [0.717, 1.165) is 27.8 Å². The van der Waals surface area contributed by atoms with Gasteiger partial charge < -0.3 is 13.9 Å². The van der Waals surface area contributed by atoms with Crippen molar-refractivity contribution >= 4 is 16.9 Å². The van der Waals surface area contributed by atoms with E-state index in [0.29, 0.717) is 5.75 Å². The van der Waals surface area contributed by atoms with Crippen molar-refractivity contribution in [2.75, 3.05) is 0 Å². The summed E-state index contributed by atoms with van der Waals surface area (Å²) >= 11 is 0. The Hall–Kier alpha value is -3.53. The molecule has 1 atom stereocenters. The molecule has 0 saturated carbocycles. The molecule has 0 radical (unpaired) electrons. The minimum absolute atomic E-state index is 0.0752. The molecule has 1 heterocycles. The van der Waals surface area contributed by atoms with E-state index >= 15 is 0 Å². The minimum atomic E-state index is -0.391. The Balaban J connectivity index is 1.47. The van der Waals surface area contributed by atoms with Crippen molar-refractivity contribution in [2.45, 2.75) is 26.4 Å². The Bertz CT molecular complexity index is 1130. The van der Waals surface area contributed by atoms with Crippen LogP contribution in [0.3, 0.4) is 0 Å². The van der Waals surface area contributed by atoms with Gasteiger partial charge in [-0.15, -0.1) is 0 Å². The largest absolute Gasteiger partial charge is 0.464 e. The maximum Gasteiger partial charge on any atom is 0.314 e. The van der Waals surface area contributed by atoms with E-state index in [4.69, 9.17) is 13.9 Å². The monoisotopic (exact) mass is 400 g/mol. The molecule has 0 N–H and O–H groups in total. The molecule has 0 aliphatic rings. The topological polar surface area (TPSA) is 48.7 Å². The summed E-state index contributed by atoms with van der Waals surface area (Å²) < 4.78 is 17.2. The Kier molecular flexibility index (Phi) is 5.84. The van der Waals surface area contributed by atoms with Gasteiger partial charge >= 0.3 is 5.97 Å². The van der Waals surface area contributed by atoms with Crippen molar-refractivity contribution in [1.82, 2.24) is 0 Å². The maximum absolute atomic E-state index is 13.0. The lowest BCUT2D eigenvalue weighted by Crippen LogP contribution is -2.20. The Morgan fingerprint density at radius 3 is 2.43 bits per heavy atom. The number of hydrogen-bond donors (Lipinski definition) is 0. The summed E-state index contributed by atoms with van der Waals surface area (Å²) in [5.74, 6) is 0.893. The number of fused-ring (bicyclic) bond motifs is 1. The number of ether oxygens (including phenoxy) is 2. The summed E-state index contributed by atoms with van der Waals surface area (Å²) in [4.78, 5) is 13.0. The number of rotatable bonds is 7. The number of carbonyl (C=O) groups is 1. The lowest BCUT2D eigenvalue weighted by molar-refractivity contribution is -0.148. The first-order valence-electron chi connectivity index (χ1n) is 10.1. The minimum Gasteiger partial charge on any atom is -0.464 e. The van der Waals surface area contributed by atoms with E-state index in [-0.39, 0.29) is 18.5 Å². The van der Waals surface area contributed by atoms with Crippen LogP contribution in [-0.2, 0) is 16.1 Å². The van der Waals surface area contributed by atoms with Gasteiger partial charge in [0, 0.05) is 10.9 Å². The van der Waals surface area contributed by atoms with E-state index in [2.05, 4.69) is 0 Å². The van der Waals surface area contributed by atoms with E-state index < -0.39 is 5.92 Å². The van der Waals surface area contributed by atoms with Crippen molar-refractivity contribution in [3.8, 4) is 11.5 Å². The van der Waals surface area contributed by atoms with Crippen molar-refractivity contribution in [1.29, 1.82) is 0 Å². The van der Waals surface area contributed by atoms with Crippen LogP contribution in [0.1, 0.15) is 30.9 Å². The fourth-order valence-electron chi connectivity index (χ4n) is 3.57. The second-order valence-corrected chi connectivity index (χ2v) is 7.58. The predicted molar refractivity (Wildman–Crippen MR) is 117 cm³/mol. The predicted octanol–water partition coefficient (Wildman–Crippen LogP) is 6.71. The molecule has 1 unspecified atom stereocenters. The lowest BCUT2D eigenvalue weighted by atomic mass is 9.88. The quantitative estimate of drug-likeness (QED) is 0.324. The number of furan rings is 1. The average Bonchev–Trinajstić information content (AvgIpc) is 3.17. The van der Waals surface area contributed by atoms with Crippen molar-refractivity contribution in [2.24, 2.45) is 5.92 Å². The highest BCUT2D eigenvalue weighted by atomic mass is 16.5. The highest BCUT2D eigenvalue weighted by Crippen LogP contribution is 2.33. The van der Waals surface area contributed by atoms with Crippen LogP contribution in [0.15, 0.2) is 89.5 Å². The van der Waals surface area contributed by atoms with Crippen LogP contribution in [0, 0.1) is 5.92 Å². The molecule has 30 heavy (non-hydrogen) atoms. The van der Waals surface area contributed by atoms with Gasteiger partial charge in [-0.3, -0.25) is 4.79 Å². The van der Waals surface area contributed by atoms with Crippen LogP contribution < -0.4 is 4.74 Å². The molecular weight excluding hydrogens is 376 g/mol. The molecule has 4 aromatic rings. The fraction of sp³-hybridized carbons (Fsp3) is 0.192. The number of para-hydroxylation sites is 2. The number of esters is 1. The Morgan fingerprint density at radius 1 is 0.900 bits per heavy atom. The smallest absolute Gasteiger partial charge is 0.314 e. The number of benzene rings is 3. The van der Waals surface area contributed by atoms with Crippen molar-refractivity contribution in [3.05, 3.63) is 96.3 Å². The first-order chi connectivity index (χ1) is 14.6. The summed E-state index contributed by atoms with van der Waals surface area (Å²) in [6, 6.07) is 24.9. The molecule has 0 fully saturated rings. The molecule has 0 aliphatic heterocycles. The van der Waals surface area contributed by atoms with Crippen LogP contribution in [0.5, 0.6) is 11.5 Å². The van der Waals surface area contributed by atoms with Crippen LogP contribution in [0.4, 0.5) is 0 Å². The first-order valence-corrected chi connectivity index (χ1v) is 10.1. The van der Waals surface area contributed by atoms with Gasteiger partial charge in [-0.25, -0.2) is 0 Å². The maximum atomic E-state index is 13.0. The summed E-state index contributed by atoms with van der Waals surface area (Å²) in [5.41, 5.74) is 2.51. The third-order valence-electron chi connectivity index (χ3n) is 5.03. The van der Waals surface area contributed by atoms with E-state index in [1.165, 1.54) is 0 Å². The summed E-state index contributed by atoms with van der Waals surface area (Å²) in [5, 5.41) is 0.950. The van der Waals surface area contributed by atoms with Gasteiger partial charge in [0.25, 0.3) is 0 Å². The van der Waals surface area contributed by atoms with E-state index in [9.17, 15) is 4.79 Å². The SMILES string of the molecule is CC(C)C(C(=O)OCc1cccc(Oc2ccccc2)c1)c1coc2ccccc12. The Morgan fingerprint density at radius 2 is 1.63 bits per heavy atom. The first kappa shape index (κ1) is 19.8. The zero-order valence-electron chi connectivity index (χ0n) is 17.1. The summed E-state index contributed by atoms with van der Waals surface area (Å²) in [7, 11) is 0. The van der Waals surface area contributed by atoms with Crippen LogP contribution >= 0.6 is 0 Å². The molecule has 4 nitrogen and oxygen atoms in total. The molecular formula is C26H24O4. The molecule has 3 aromatic carbocycles. The van der Waals surface area contributed by atoms with Gasteiger partial charge in [-0.1, -0.05) is 62.4 Å². The summed E-state index contributed by atoms with van der Waals surface area (Å²) in [6.45, 7) is 4.22. The Labute approximate surface area is 176 Å². The molecule has 0 bridgehead atoms. The second kappa shape index (κ2) is 8.87. The molecule has 0 spiro atoms. The van der Waals surface area contributed by atoms with Gasteiger partial charge in [0.2, 0.25) is 0 Å². The molecule has 4 rings (SSSR count). The van der Waals surface area contributed by atoms with Crippen molar-refractivity contribution in [3.63, 3.8) is 0 Å². The summed E-state index contributed by atoms with van der Waals surface area (Å²) in [6.07, 6.45) is 1.67. The third kappa shape index (κ3) is 4.38. The molecule has 4 heteroatoms. The molecule has 0 amide bonds. The zero-order chi connectivity index (χ0) is 20.9. The average molecular weight is 400 g/mol. The van der Waals surface area contributed by atoms with Gasteiger partial charge in [-0.2, -0.15) is 0 Å². The second-order valence-electron chi connectivity index (χ2n) is 7.58. The number of carbonyl (C=O) groups excluding carboxylic acids is 1. The molecule has 152 valence electrons. The van der Waals surface area contributed by atoms with E-state index in [1.54, 1.807) is 6.26 Å². The normalized spacial score (nSPS) is 12.1. The number of hydrogen-bond acceptors (Lipinski definition) is 4. The third-order valence-corrected chi connectivity index (χ3v) is 5.03. The standard InChI is InChI=1S/C26H24O4/c1-18(2)25(23-17-28-24-14-7-6-13-22(23)24)26(27)29-16-19-9-8-12-21(15-19)30-20-10-4-3-5-11-20/h3-15,17-18,25H,16H2,1-2H3. The van der Waals surface area contributed by atoms with Gasteiger partial charge in [0.05, 0.1) is 12.2 Å². The van der Waals surface area contributed by atoms with Gasteiger partial charge in [-0.05, 0) is 41.8 Å². The fourth-order valence-corrected chi connectivity index (χ4v) is 3.57. The highest BCUT2D eigenvalue weighted by molar-refractivity contribution is 5.88. The van der Waals surface area contributed by atoms with Crippen LogP contribution in [0.2, 0.25) is 0 Å². The highest BCUT2D eigenvalue weighted by Gasteiger charge is 2.29.